The molecule has 0 aromatic heterocycles. The average molecular weight is 272 g/mol. The fourth-order valence-electron chi connectivity index (χ4n) is 1.86. The van der Waals surface area contributed by atoms with Gasteiger partial charge in [0.1, 0.15) is 11.3 Å². The van der Waals surface area contributed by atoms with Gasteiger partial charge in [-0.2, -0.15) is 0 Å². The summed E-state index contributed by atoms with van der Waals surface area (Å²) in [6, 6.07) is -0.250. The van der Waals surface area contributed by atoms with E-state index in [9.17, 15) is 14.0 Å². The van der Waals surface area contributed by atoms with E-state index in [4.69, 9.17) is 4.74 Å². The lowest BCUT2D eigenvalue weighted by atomic mass is 9.77. The van der Waals surface area contributed by atoms with Crippen molar-refractivity contribution in [2.75, 3.05) is 6.54 Å². The Kier molecular flexibility index (Phi) is 4.55. The van der Waals surface area contributed by atoms with Gasteiger partial charge in [0.05, 0.1) is 6.54 Å². The number of ether oxygens (including phenoxy) is 1. The Morgan fingerprint density at radius 2 is 2.05 bits per heavy atom. The minimum atomic E-state index is -1.46. The number of alkyl carbamates (subject to hydrolysis) is 1. The van der Waals surface area contributed by atoms with Crippen molar-refractivity contribution in [1.29, 1.82) is 0 Å². The van der Waals surface area contributed by atoms with Crippen LogP contribution in [0.25, 0.3) is 0 Å². The number of alkyl halides is 1. The fourth-order valence-corrected chi connectivity index (χ4v) is 1.86. The first-order valence-corrected chi connectivity index (χ1v) is 6.22. The van der Waals surface area contributed by atoms with E-state index in [1.54, 1.807) is 20.8 Å². The van der Waals surface area contributed by atoms with E-state index in [1.165, 1.54) is 0 Å². The van der Waals surface area contributed by atoms with Crippen LogP contribution in [0.15, 0.2) is 12.7 Å². The van der Waals surface area contributed by atoms with E-state index in [1.807, 2.05) is 0 Å². The zero-order valence-corrected chi connectivity index (χ0v) is 11.6. The van der Waals surface area contributed by atoms with Gasteiger partial charge in [0.25, 0.3) is 0 Å². The van der Waals surface area contributed by atoms with Crippen molar-refractivity contribution in [3.8, 4) is 0 Å². The number of hydrogen-bond acceptors (Lipinski definition) is 3. The molecule has 0 bridgehead atoms. The first-order chi connectivity index (χ1) is 8.63. The molecule has 1 rings (SSSR count). The monoisotopic (exact) mass is 272 g/mol. The van der Waals surface area contributed by atoms with Crippen LogP contribution in [-0.4, -0.2) is 35.9 Å². The molecule has 5 nitrogen and oxygen atoms in total. The number of carbonyl (C=O) groups excluding carboxylic acids is 2. The molecule has 1 aliphatic carbocycles. The van der Waals surface area contributed by atoms with Gasteiger partial charge in [-0.15, -0.1) is 0 Å². The minimum Gasteiger partial charge on any atom is -0.444 e. The van der Waals surface area contributed by atoms with Gasteiger partial charge < -0.3 is 15.4 Å². The molecule has 108 valence electrons. The Labute approximate surface area is 112 Å². The maximum Gasteiger partial charge on any atom is 0.407 e. The molecule has 0 atom stereocenters. The summed E-state index contributed by atoms with van der Waals surface area (Å²) in [4.78, 5) is 22.4. The van der Waals surface area contributed by atoms with Crippen LogP contribution in [0.5, 0.6) is 0 Å². The van der Waals surface area contributed by atoms with Crippen LogP contribution in [0, 0.1) is 0 Å². The van der Waals surface area contributed by atoms with Crippen molar-refractivity contribution in [3.63, 3.8) is 0 Å². The molecule has 6 heteroatoms. The summed E-state index contributed by atoms with van der Waals surface area (Å²) in [5, 5.41) is 5.01. The molecule has 0 saturated heterocycles. The lowest BCUT2D eigenvalue weighted by Crippen LogP contribution is -2.57. The normalized spacial score (nSPS) is 26.0. The highest BCUT2D eigenvalue weighted by Crippen LogP contribution is 2.35. The number of carbonyl (C=O) groups is 2. The highest BCUT2D eigenvalue weighted by Gasteiger charge is 2.45. The van der Waals surface area contributed by atoms with Crippen LogP contribution in [0.3, 0.4) is 0 Å². The summed E-state index contributed by atoms with van der Waals surface area (Å²) in [7, 11) is 0. The first-order valence-electron chi connectivity index (χ1n) is 6.22. The first kappa shape index (κ1) is 15.5. The molecule has 0 radical (unpaired) electrons. The molecular weight excluding hydrogens is 251 g/mol. The molecule has 0 unspecified atom stereocenters. The number of hydrogen-bond donors (Lipinski definition) is 2. The van der Waals surface area contributed by atoms with E-state index < -0.39 is 23.3 Å². The minimum absolute atomic E-state index is 0.0651. The van der Waals surface area contributed by atoms with Gasteiger partial charge in [0.2, 0.25) is 5.91 Å². The molecular formula is C13H21FN2O3. The van der Waals surface area contributed by atoms with Crippen LogP contribution in [-0.2, 0) is 9.53 Å². The standard InChI is InChI=1S/C13H21FN2O3/c1-5-10(17)15-8-13(14)6-9(7-13)16-11(18)19-12(2,3)4/h5,9H,1,6-8H2,2-4H3,(H,15,17)(H,16,18). The fraction of sp³-hybridized carbons (Fsp3) is 0.692. The number of amides is 2. The van der Waals surface area contributed by atoms with Crippen molar-refractivity contribution in [1.82, 2.24) is 10.6 Å². The van der Waals surface area contributed by atoms with E-state index in [-0.39, 0.29) is 25.4 Å². The second-order valence-electron chi connectivity index (χ2n) is 5.82. The van der Waals surface area contributed by atoms with Crippen LogP contribution >= 0.6 is 0 Å². The Morgan fingerprint density at radius 1 is 1.47 bits per heavy atom. The zero-order chi connectivity index (χ0) is 14.7. The van der Waals surface area contributed by atoms with Gasteiger partial charge in [-0.3, -0.25) is 4.79 Å². The highest BCUT2D eigenvalue weighted by molar-refractivity contribution is 5.86. The lowest BCUT2D eigenvalue weighted by Gasteiger charge is -2.41. The van der Waals surface area contributed by atoms with Crippen molar-refractivity contribution < 1.29 is 18.7 Å². The molecule has 19 heavy (non-hydrogen) atoms. The molecule has 0 heterocycles. The molecule has 0 aromatic carbocycles. The van der Waals surface area contributed by atoms with E-state index in [0.29, 0.717) is 0 Å². The Morgan fingerprint density at radius 3 is 2.53 bits per heavy atom. The largest absolute Gasteiger partial charge is 0.444 e. The summed E-state index contributed by atoms with van der Waals surface area (Å²) in [6.07, 6.45) is 0.890. The number of halogens is 1. The van der Waals surface area contributed by atoms with Crippen LogP contribution in [0.4, 0.5) is 9.18 Å². The Hall–Kier alpha value is -1.59. The number of nitrogens with one attached hydrogen (secondary N) is 2. The Balaban J connectivity index is 2.27. The van der Waals surface area contributed by atoms with Gasteiger partial charge in [-0.25, -0.2) is 9.18 Å². The van der Waals surface area contributed by atoms with Gasteiger partial charge in [0.15, 0.2) is 0 Å². The van der Waals surface area contributed by atoms with Gasteiger partial charge >= 0.3 is 6.09 Å². The lowest BCUT2D eigenvalue weighted by molar-refractivity contribution is -0.117. The summed E-state index contributed by atoms with van der Waals surface area (Å²) in [5.41, 5.74) is -2.03. The maximum absolute atomic E-state index is 14.0. The molecule has 2 N–H and O–H groups in total. The number of rotatable bonds is 4. The predicted octanol–water partition coefficient (Wildman–Crippen LogP) is 1.68. The molecule has 0 aromatic rings. The van der Waals surface area contributed by atoms with Gasteiger partial charge in [0, 0.05) is 18.9 Å². The molecule has 0 aliphatic heterocycles. The van der Waals surface area contributed by atoms with Crippen molar-refractivity contribution in [2.45, 2.75) is 50.9 Å². The van der Waals surface area contributed by atoms with E-state index in [0.717, 1.165) is 6.08 Å². The quantitative estimate of drug-likeness (QED) is 0.765. The summed E-state index contributed by atoms with van der Waals surface area (Å²) < 4.78 is 19.1. The second kappa shape index (κ2) is 5.59. The zero-order valence-electron chi connectivity index (χ0n) is 11.6. The van der Waals surface area contributed by atoms with Crippen molar-refractivity contribution >= 4 is 12.0 Å². The van der Waals surface area contributed by atoms with Gasteiger partial charge in [-0.05, 0) is 26.8 Å². The summed E-state index contributed by atoms with van der Waals surface area (Å²) >= 11 is 0. The predicted molar refractivity (Wildman–Crippen MR) is 69.4 cm³/mol. The van der Waals surface area contributed by atoms with Crippen molar-refractivity contribution in [2.24, 2.45) is 0 Å². The topological polar surface area (TPSA) is 67.4 Å². The highest BCUT2D eigenvalue weighted by atomic mass is 19.1. The van der Waals surface area contributed by atoms with E-state index >= 15 is 0 Å². The van der Waals surface area contributed by atoms with Crippen LogP contribution in [0.1, 0.15) is 33.6 Å². The summed E-state index contributed by atoms with van der Waals surface area (Å²) in [6.45, 7) is 8.50. The van der Waals surface area contributed by atoms with Crippen LogP contribution in [0.2, 0.25) is 0 Å². The third kappa shape index (κ3) is 5.28. The Bertz CT molecular complexity index is 371. The smallest absolute Gasteiger partial charge is 0.407 e. The molecule has 0 spiro atoms. The van der Waals surface area contributed by atoms with E-state index in [2.05, 4.69) is 17.2 Å². The summed E-state index contributed by atoms with van der Waals surface area (Å²) in [5.74, 6) is -0.402. The molecule has 2 amide bonds. The third-order valence-corrected chi connectivity index (χ3v) is 2.71. The second-order valence-corrected chi connectivity index (χ2v) is 5.82. The maximum atomic E-state index is 14.0. The molecule has 1 fully saturated rings. The SMILES string of the molecule is C=CC(=O)NCC1(F)CC(NC(=O)OC(C)(C)C)C1. The average Bonchev–Trinajstić information content (AvgIpc) is 2.21. The van der Waals surface area contributed by atoms with Crippen molar-refractivity contribution in [3.05, 3.63) is 12.7 Å². The molecule has 1 saturated carbocycles. The molecule has 1 aliphatic rings. The van der Waals surface area contributed by atoms with Crippen LogP contribution < -0.4 is 10.6 Å². The third-order valence-electron chi connectivity index (χ3n) is 2.71. The van der Waals surface area contributed by atoms with Gasteiger partial charge in [-0.1, -0.05) is 6.58 Å².